The van der Waals surface area contributed by atoms with Crippen LogP contribution in [-0.4, -0.2) is 61.7 Å². The smallest absolute Gasteiger partial charge is 0.152 e. The van der Waals surface area contributed by atoms with Gasteiger partial charge in [0.2, 0.25) is 0 Å². The SMILES string of the molecule is O=S(O)CCCNC(CO)(CO)CO. The second-order valence-electron chi connectivity index (χ2n) is 3.06. The van der Waals surface area contributed by atoms with Crippen LogP contribution in [0.15, 0.2) is 0 Å². The highest BCUT2D eigenvalue weighted by Gasteiger charge is 2.26. The molecule has 0 bridgehead atoms. The summed E-state index contributed by atoms with van der Waals surface area (Å²) in [7, 11) is 0. The van der Waals surface area contributed by atoms with Gasteiger partial charge < -0.3 is 25.2 Å². The molecule has 14 heavy (non-hydrogen) atoms. The van der Waals surface area contributed by atoms with E-state index in [0.29, 0.717) is 13.0 Å². The summed E-state index contributed by atoms with van der Waals surface area (Å²) in [5, 5.41) is 29.4. The Balaban J connectivity index is 3.77. The molecule has 0 saturated heterocycles. The van der Waals surface area contributed by atoms with Gasteiger partial charge in [0.25, 0.3) is 0 Å². The summed E-state index contributed by atoms with van der Waals surface area (Å²) in [5.74, 6) is 0.130. The summed E-state index contributed by atoms with van der Waals surface area (Å²) >= 11 is -1.83. The average molecular weight is 227 g/mol. The Hall–Kier alpha value is -0.0500. The highest BCUT2D eigenvalue weighted by Crippen LogP contribution is 2.01. The summed E-state index contributed by atoms with van der Waals surface area (Å²) in [6.07, 6.45) is 0.435. The van der Waals surface area contributed by atoms with Gasteiger partial charge in [-0.05, 0) is 13.0 Å². The summed E-state index contributed by atoms with van der Waals surface area (Å²) < 4.78 is 18.7. The number of aliphatic hydroxyl groups excluding tert-OH is 3. The Morgan fingerprint density at radius 3 is 2.00 bits per heavy atom. The van der Waals surface area contributed by atoms with E-state index in [0.717, 1.165) is 0 Å². The molecular weight excluding hydrogens is 210 g/mol. The van der Waals surface area contributed by atoms with Gasteiger partial charge in [-0.3, -0.25) is 0 Å². The number of hydrogen-bond donors (Lipinski definition) is 5. The van der Waals surface area contributed by atoms with Gasteiger partial charge >= 0.3 is 0 Å². The minimum atomic E-state index is -1.83. The zero-order valence-electron chi connectivity index (χ0n) is 7.85. The van der Waals surface area contributed by atoms with Gasteiger partial charge in [-0.1, -0.05) is 0 Å². The van der Waals surface area contributed by atoms with Crippen molar-refractivity contribution in [3.05, 3.63) is 0 Å². The van der Waals surface area contributed by atoms with E-state index < -0.39 is 16.6 Å². The maximum Gasteiger partial charge on any atom is 0.152 e. The average Bonchev–Trinajstić information content (AvgIpc) is 2.19. The highest BCUT2D eigenvalue weighted by molar-refractivity contribution is 7.79. The number of nitrogens with one attached hydrogen (secondary N) is 1. The molecule has 7 heteroatoms. The van der Waals surface area contributed by atoms with Crippen LogP contribution < -0.4 is 5.32 Å². The van der Waals surface area contributed by atoms with Crippen molar-refractivity contribution in [2.24, 2.45) is 0 Å². The van der Waals surface area contributed by atoms with Crippen molar-refractivity contribution in [2.75, 3.05) is 32.1 Å². The van der Waals surface area contributed by atoms with E-state index in [2.05, 4.69) is 5.32 Å². The van der Waals surface area contributed by atoms with Gasteiger partial charge in [0.05, 0.1) is 31.1 Å². The molecule has 0 saturated carbocycles. The van der Waals surface area contributed by atoms with Crippen molar-refractivity contribution >= 4 is 11.1 Å². The lowest BCUT2D eigenvalue weighted by atomic mass is 10.0. The van der Waals surface area contributed by atoms with Gasteiger partial charge in [0.15, 0.2) is 11.1 Å². The van der Waals surface area contributed by atoms with E-state index in [1.807, 2.05) is 0 Å². The molecule has 0 aromatic rings. The van der Waals surface area contributed by atoms with E-state index in [1.165, 1.54) is 0 Å². The van der Waals surface area contributed by atoms with Crippen LogP contribution in [0.5, 0.6) is 0 Å². The molecule has 0 amide bonds. The van der Waals surface area contributed by atoms with Crippen LogP contribution in [0, 0.1) is 0 Å². The maximum absolute atomic E-state index is 10.3. The molecular formula is C7H17NO5S. The fourth-order valence-corrected chi connectivity index (χ4v) is 1.26. The third kappa shape index (κ3) is 4.99. The first kappa shape index (κ1) is 13.9. The molecule has 5 N–H and O–H groups in total. The van der Waals surface area contributed by atoms with Crippen molar-refractivity contribution in [1.82, 2.24) is 5.32 Å². The summed E-state index contributed by atoms with van der Waals surface area (Å²) in [4.78, 5) is 0. The Labute approximate surface area is 85.2 Å². The molecule has 1 atom stereocenters. The van der Waals surface area contributed by atoms with Crippen LogP contribution in [0.3, 0.4) is 0 Å². The first-order valence-corrected chi connectivity index (χ1v) is 5.53. The molecule has 1 unspecified atom stereocenters. The van der Waals surface area contributed by atoms with E-state index in [-0.39, 0.29) is 25.6 Å². The van der Waals surface area contributed by atoms with Gasteiger partial charge in [-0.2, -0.15) is 0 Å². The first-order valence-electron chi connectivity index (χ1n) is 4.25. The molecule has 0 heterocycles. The molecule has 0 rings (SSSR count). The molecule has 0 spiro atoms. The Morgan fingerprint density at radius 1 is 1.14 bits per heavy atom. The number of aliphatic hydroxyl groups is 3. The van der Waals surface area contributed by atoms with Gasteiger partial charge in [0, 0.05) is 0 Å². The quantitative estimate of drug-likeness (QED) is 0.240. The molecule has 0 aromatic heterocycles. The van der Waals surface area contributed by atoms with Crippen LogP contribution in [0.4, 0.5) is 0 Å². The predicted octanol–water partition coefficient (Wildman–Crippen LogP) is -2.10. The Kier molecular flexibility index (Phi) is 7.24. The zero-order chi connectivity index (χ0) is 11.0. The highest BCUT2D eigenvalue weighted by atomic mass is 32.2. The van der Waals surface area contributed by atoms with Crippen molar-refractivity contribution in [3.63, 3.8) is 0 Å². The Morgan fingerprint density at radius 2 is 1.64 bits per heavy atom. The topological polar surface area (TPSA) is 110 Å². The lowest BCUT2D eigenvalue weighted by Crippen LogP contribution is -2.55. The van der Waals surface area contributed by atoms with E-state index in [4.69, 9.17) is 19.9 Å². The van der Waals surface area contributed by atoms with Crippen molar-refractivity contribution in [2.45, 2.75) is 12.0 Å². The van der Waals surface area contributed by atoms with Gasteiger partial charge in [-0.15, -0.1) is 0 Å². The summed E-state index contributed by atoms with van der Waals surface area (Å²) in [5.41, 5.74) is -1.10. The third-order valence-corrected chi connectivity index (χ3v) is 2.54. The van der Waals surface area contributed by atoms with Crippen LogP contribution in [0.25, 0.3) is 0 Å². The maximum atomic E-state index is 10.3. The number of hydrogen-bond acceptors (Lipinski definition) is 5. The monoisotopic (exact) mass is 227 g/mol. The van der Waals surface area contributed by atoms with Gasteiger partial charge in [-0.25, -0.2) is 4.21 Å². The summed E-state index contributed by atoms with van der Waals surface area (Å²) in [6, 6.07) is 0. The van der Waals surface area contributed by atoms with Crippen LogP contribution >= 0.6 is 0 Å². The molecule has 0 aromatic carbocycles. The zero-order valence-corrected chi connectivity index (χ0v) is 8.66. The molecule has 86 valence electrons. The fraction of sp³-hybridized carbons (Fsp3) is 1.00. The van der Waals surface area contributed by atoms with E-state index in [9.17, 15) is 4.21 Å². The second kappa shape index (κ2) is 7.27. The summed E-state index contributed by atoms with van der Waals surface area (Å²) in [6.45, 7) is -0.805. The largest absolute Gasteiger partial charge is 0.394 e. The lowest BCUT2D eigenvalue weighted by molar-refractivity contribution is 0.0429. The lowest BCUT2D eigenvalue weighted by Gasteiger charge is -2.28. The number of rotatable bonds is 8. The normalized spacial score (nSPS) is 14.3. The molecule has 0 aliphatic heterocycles. The second-order valence-corrected chi connectivity index (χ2v) is 4.11. The molecule has 0 aliphatic carbocycles. The van der Waals surface area contributed by atoms with Crippen LogP contribution in [-0.2, 0) is 11.1 Å². The van der Waals surface area contributed by atoms with E-state index >= 15 is 0 Å². The molecule has 0 radical (unpaired) electrons. The first-order chi connectivity index (χ1) is 6.60. The van der Waals surface area contributed by atoms with Crippen LogP contribution in [0.2, 0.25) is 0 Å². The molecule has 0 fully saturated rings. The van der Waals surface area contributed by atoms with Crippen molar-refractivity contribution in [3.8, 4) is 0 Å². The molecule has 0 aliphatic rings. The predicted molar refractivity (Wildman–Crippen MR) is 52.2 cm³/mol. The minimum absolute atomic E-state index is 0.130. The Bertz CT molecular complexity index is 165. The minimum Gasteiger partial charge on any atom is -0.394 e. The van der Waals surface area contributed by atoms with Crippen LogP contribution in [0.1, 0.15) is 6.42 Å². The van der Waals surface area contributed by atoms with E-state index in [1.54, 1.807) is 0 Å². The fourth-order valence-electron chi connectivity index (χ4n) is 0.867. The van der Waals surface area contributed by atoms with Crippen molar-refractivity contribution in [1.29, 1.82) is 0 Å². The van der Waals surface area contributed by atoms with Crippen molar-refractivity contribution < 1.29 is 24.1 Å². The third-order valence-electron chi connectivity index (χ3n) is 1.90. The standard InChI is InChI=1S/C7H17NO5S/c9-4-7(5-10,6-11)8-2-1-3-14(12)13/h8-11H,1-6H2,(H,12,13). The molecule has 6 nitrogen and oxygen atoms in total. The van der Waals surface area contributed by atoms with Gasteiger partial charge in [0.1, 0.15) is 0 Å².